The highest BCUT2D eigenvalue weighted by molar-refractivity contribution is 7.89. The standard InChI is InChI=1S/C13H18F2N2O2S.ClH/c1-9-5-11(15)12(6-10(9)14)20(18,19)17-4-3-13(2,7-16)8-17;/h5-6H,3-4,7-8,16H2,1-2H3;1H. The number of hydrogen-bond acceptors (Lipinski definition) is 3. The molecule has 0 aromatic heterocycles. The van der Waals surface area contributed by atoms with Gasteiger partial charge in [-0.05, 0) is 43.0 Å². The van der Waals surface area contributed by atoms with Crippen LogP contribution < -0.4 is 5.73 Å². The first-order valence-electron chi connectivity index (χ1n) is 6.35. The zero-order valence-electron chi connectivity index (χ0n) is 11.9. The van der Waals surface area contributed by atoms with E-state index < -0.39 is 26.6 Å². The molecular weight excluding hydrogens is 322 g/mol. The quantitative estimate of drug-likeness (QED) is 0.916. The van der Waals surface area contributed by atoms with Crippen LogP contribution in [0.25, 0.3) is 0 Å². The molecule has 1 unspecified atom stereocenters. The minimum absolute atomic E-state index is 0. The van der Waals surface area contributed by atoms with Crippen molar-refractivity contribution in [3.8, 4) is 0 Å². The van der Waals surface area contributed by atoms with Crippen molar-refractivity contribution in [2.45, 2.75) is 25.2 Å². The maximum absolute atomic E-state index is 13.9. The van der Waals surface area contributed by atoms with E-state index in [0.29, 0.717) is 13.0 Å². The van der Waals surface area contributed by atoms with Crippen molar-refractivity contribution in [3.05, 3.63) is 29.3 Å². The monoisotopic (exact) mass is 340 g/mol. The molecular formula is C13H19ClF2N2O2S. The second kappa shape index (κ2) is 6.16. The molecule has 1 atom stereocenters. The van der Waals surface area contributed by atoms with Gasteiger partial charge in [-0.25, -0.2) is 17.2 Å². The molecule has 0 spiro atoms. The van der Waals surface area contributed by atoms with Crippen LogP contribution in [0.5, 0.6) is 0 Å². The Bertz CT molecular complexity index is 639. The van der Waals surface area contributed by atoms with E-state index in [2.05, 4.69) is 0 Å². The van der Waals surface area contributed by atoms with Crippen LogP contribution >= 0.6 is 12.4 Å². The minimum Gasteiger partial charge on any atom is -0.330 e. The Morgan fingerprint density at radius 2 is 1.95 bits per heavy atom. The molecule has 0 amide bonds. The molecule has 1 fully saturated rings. The summed E-state index contributed by atoms with van der Waals surface area (Å²) in [4.78, 5) is -0.609. The van der Waals surface area contributed by atoms with E-state index in [1.165, 1.54) is 11.2 Å². The summed E-state index contributed by atoms with van der Waals surface area (Å²) in [5.74, 6) is -1.66. The molecule has 21 heavy (non-hydrogen) atoms. The van der Waals surface area contributed by atoms with E-state index in [-0.39, 0.29) is 36.5 Å². The second-order valence-corrected chi connectivity index (χ2v) is 7.54. The van der Waals surface area contributed by atoms with Gasteiger partial charge in [0.1, 0.15) is 16.5 Å². The normalized spacial score (nSPS) is 23.1. The third kappa shape index (κ3) is 3.36. The van der Waals surface area contributed by atoms with E-state index in [9.17, 15) is 17.2 Å². The van der Waals surface area contributed by atoms with Crippen molar-refractivity contribution >= 4 is 22.4 Å². The summed E-state index contributed by atoms with van der Waals surface area (Å²) in [6.45, 7) is 4.11. The van der Waals surface area contributed by atoms with Crippen molar-refractivity contribution in [1.29, 1.82) is 0 Å². The van der Waals surface area contributed by atoms with E-state index in [0.717, 1.165) is 12.1 Å². The predicted octanol–water partition coefficient (Wildman–Crippen LogP) is 2.05. The number of halogens is 3. The van der Waals surface area contributed by atoms with Gasteiger partial charge in [-0.2, -0.15) is 4.31 Å². The zero-order valence-corrected chi connectivity index (χ0v) is 13.5. The fourth-order valence-corrected chi connectivity index (χ4v) is 3.96. The zero-order chi connectivity index (χ0) is 15.1. The molecule has 0 radical (unpaired) electrons. The Kier molecular flexibility index (Phi) is 5.36. The van der Waals surface area contributed by atoms with Crippen LogP contribution in [0.2, 0.25) is 0 Å². The van der Waals surface area contributed by atoms with Crippen molar-refractivity contribution < 1.29 is 17.2 Å². The number of benzene rings is 1. The second-order valence-electron chi connectivity index (χ2n) is 5.64. The number of rotatable bonds is 3. The van der Waals surface area contributed by atoms with E-state index in [1.807, 2.05) is 6.92 Å². The fraction of sp³-hybridized carbons (Fsp3) is 0.538. The minimum atomic E-state index is -4.03. The van der Waals surface area contributed by atoms with Gasteiger partial charge in [0, 0.05) is 13.1 Å². The van der Waals surface area contributed by atoms with Gasteiger partial charge in [0.25, 0.3) is 0 Å². The average molecular weight is 341 g/mol. The maximum Gasteiger partial charge on any atom is 0.246 e. The molecule has 1 heterocycles. The molecule has 120 valence electrons. The summed E-state index contributed by atoms with van der Waals surface area (Å²) in [6.07, 6.45) is 0.610. The van der Waals surface area contributed by atoms with E-state index in [1.54, 1.807) is 0 Å². The van der Waals surface area contributed by atoms with Crippen LogP contribution in [0.15, 0.2) is 17.0 Å². The van der Waals surface area contributed by atoms with Crippen LogP contribution in [0.4, 0.5) is 8.78 Å². The molecule has 0 aliphatic carbocycles. The van der Waals surface area contributed by atoms with Crippen molar-refractivity contribution in [2.24, 2.45) is 11.1 Å². The number of nitrogens with zero attached hydrogens (tertiary/aromatic N) is 1. The van der Waals surface area contributed by atoms with Gasteiger partial charge in [0.15, 0.2) is 0 Å². The highest BCUT2D eigenvalue weighted by Gasteiger charge is 2.40. The van der Waals surface area contributed by atoms with Crippen LogP contribution in [0, 0.1) is 24.0 Å². The highest BCUT2D eigenvalue weighted by atomic mass is 35.5. The summed E-state index contributed by atoms with van der Waals surface area (Å²) in [7, 11) is -4.03. The molecule has 1 aromatic rings. The third-order valence-electron chi connectivity index (χ3n) is 3.85. The van der Waals surface area contributed by atoms with Gasteiger partial charge >= 0.3 is 0 Å². The van der Waals surface area contributed by atoms with Crippen LogP contribution in [-0.4, -0.2) is 32.4 Å². The van der Waals surface area contributed by atoms with Crippen LogP contribution in [0.1, 0.15) is 18.9 Å². The Balaban J connectivity index is 0.00000220. The molecule has 1 aliphatic rings. The molecule has 2 N–H and O–H groups in total. The Hall–Kier alpha value is -0.760. The van der Waals surface area contributed by atoms with Crippen LogP contribution in [0.3, 0.4) is 0 Å². The van der Waals surface area contributed by atoms with Crippen molar-refractivity contribution in [3.63, 3.8) is 0 Å². The summed E-state index contributed by atoms with van der Waals surface area (Å²) in [5.41, 5.74) is 5.40. The van der Waals surface area contributed by atoms with Gasteiger partial charge in [-0.1, -0.05) is 6.92 Å². The lowest BCUT2D eigenvalue weighted by Crippen LogP contribution is -2.35. The number of nitrogens with two attached hydrogens (primary N) is 1. The number of sulfonamides is 1. The first kappa shape index (κ1) is 18.3. The van der Waals surface area contributed by atoms with Crippen LogP contribution in [-0.2, 0) is 10.0 Å². The van der Waals surface area contributed by atoms with E-state index in [4.69, 9.17) is 5.73 Å². The summed E-state index contributed by atoms with van der Waals surface area (Å²) in [6, 6.07) is 1.65. The largest absolute Gasteiger partial charge is 0.330 e. The van der Waals surface area contributed by atoms with Gasteiger partial charge in [0.2, 0.25) is 10.0 Å². The van der Waals surface area contributed by atoms with Gasteiger partial charge in [-0.15, -0.1) is 12.4 Å². The summed E-state index contributed by atoms with van der Waals surface area (Å²) >= 11 is 0. The number of hydrogen-bond donors (Lipinski definition) is 1. The molecule has 1 aromatic carbocycles. The lowest BCUT2D eigenvalue weighted by molar-refractivity contribution is 0.349. The molecule has 0 bridgehead atoms. The van der Waals surface area contributed by atoms with Gasteiger partial charge in [-0.3, -0.25) is 0 Å². The SMILES string of the molecule is Cc1cc(F)c(S(=O)(=O)N2CCC(C)(CN)C2)cc1F.Cl. The summed E-state index contributed by atoms with van der Waals surface area (Å²) in [5, 5.41) is 0. The highest BCUT2D eigenvalue weighted by Crippen LogP contribution is 2.33. The molecule has 0 saturated carbocycles. The van der Waals surface area contributed by atoms with Crippen molar-refractivity contribution in [2.75, 3.05) is 19.6 Å². The third-order valence-corrected chi connectivity index (χ3v) is 5.71. The van der Waals surface area contributed by atoms with Crippen molar-refractivity contribution in [1.82, 2.24) is 4.31 Å². The smallest absolute Gasteiger partial charge is 0.246 e. The predicted molar refractivity (Wildman–Crippen MR) is 78.9 cm³/mol. The summed E-state index contributed by atoms with van der Waals surface area (Å²) < 4.78 is 53.4. The Morgan fingerprint density at radius 3 is 2.48 bits per heavy atom. The molecule has 1 saturated heterocycles. The first-order chi connectivity index (χ1) is 9.19. The lowest BCUT2D eigenvalue weighted by Gasteiger charge is -2.22. The molecule has 1 aliphatic heterocycles. The topological polar surface area (TPSA) is 63.4 Å². The number of aryl methyl sites for hydroxylation is 1. The van der Waals surface area contributed by atoms with Gasteiger partial charge in [0.05, 0.1) is 0 Å². The van der Waals surface area contributed by atoms with Gasteiger partial charge < -0.3 is 5.73 Å². The molecule has 8 heteroatoms. The average Bonchev–Trinajstić information content (AvgIpc) is 2.78. The van der Waals surface area contributed by atoms with E-state index >= 15 is 0 Å². The molecule has 2 rings (SSSR count). The first-order valence-corrected chi connectivity index (χ1v) is 7.79. The Labute approximate surface area is 129 Å². The maximum atomic E-state index is 13.9. The Morgan fingerprint density at radius 1 is 1.33 bits per heavy atom. The molecule has 4 nitrogen and oxygen atoms in total. The lowest BCUT2D eigenvalue weighted by atomic mass is 9.90. The fourth-order valence-electron chi connectivity index (χ4n) is 2.32.